The van der Waals surface area contributed by atoms with Gasteiger partial charge in [-0.15, -0.1) is 0 Å². The molecule has 0 aliphatic heterocycles. The number of hydrogen-bond donors (Lipinski definition) is 1. The highest BCUT2D eigenvalue weighted by molar-refractivity contribution is 6.31. The molecule has 0 saturated heterocycles. The van der Waals surface area contributed by atoms with Gasteiger partial charge in [0.15, 0.2) is 0 Å². The second-order valence-electron chi connectivity index (χ2n) is 4.32. The molecular formula is C14H15Cl2N3. The number of nitrogens with zero attached hydrogens (tertiary/aromatic N) is 2. The summed E-state index contributed by atoms with van der Waals surface area (Å²) in [7, 11) is 1.98. The quantitative estimate of drug-likeness (QED) is 0.939. The van der Waals surface area contributed by atoms with E-state index >= 15 is 0 Å². The van der Waals surface area contributed by atoms with E-state index in [4.69, 9.17) is 28.9 Å². The summed E-state index contributed by atoms with van der Waals surface area (Å²) in [4.78, 5) is 6.35. The highest BCUT2D eigenvalue weighted by atomic mass is 35.5. The van der Waals surface area contributed by atoms with Crippen molar-refractivity contribution in [1.29, 1.82) is 0 Å². The molecule has 2 rings (SSSR count). The average molecular weight is 296 g/mol. The van der Waals surface area contributed by atoms with Crippen molar-refractivity contribution in [3.63, 3.8) is 0 Å². The number of aromatic nitrogens is 1. The number of rotatable bonds is 4. The van der Waals surface area contributed by atoms with Crippen LogP contribution >= 0.6 is 23.2 Å². The van der Waals surface area contributed by atoms with Crippen molar-refractivity contribution in [3.05, 3.63) is 57.7 Å². The van der Waals surface area contributed by atoms with Crippen molar-refractivity contribution in [2.24, 2.45) is 5.73 Å². The van der Waals surface area contributed by atoms with Crippen molar-refractivity contribution < 1.29 is 0 Å². The molecular weight excluding hydrogens is 281 g/mol. The van der Waals surface area contributed by atoms with Crippen LogP contribution in [-0.4, -0.2) is 12.0 Å². The van der Waals surface area contributed by atoms with Gasteiger partial charge < -0.3 is 10.6 Å². The Morgan fingerprint density at radius 2 is 1.89 bits per heavy atom. The molecule has 0 saturated carbocycles. The number of nitrogens with two attached hydrogens (primary N) is 1. The molecule has 1 aromatic carbocycles. The van der Waals surface area contributed by atoms with Crippen molar-refractivity contribution in [1.82, 2.24) is 4.98 Å². The minimum absolute atomic E-state index is 0.406. The summed E-state index contributed by atoms with van der Waals surface area (Å²) in [6.45, 7) is 1.15. The largest absolute Gasteiger partial charge is 0.355 e. The Balaban J connectivity index is 2.15. The van der Waals surface area contributed by atoms with E-state index in [2.05, 4.69) is 4.98 Å². The lowest BCUT2D eigenvalue weighted by atomic mass is 10.2. The van der Waals surface area contributed by atoms with Gasteiger partial charge in [0.05, 0.1) is 5.02 Å². The topological polar surface area (TPSA) is 42.1 Å². The molecule has 100 valence electrons. The van der Waals surface area contributed by atoms with Gasteiger partial charge in [0, 0.05) is 31.4 Å². The summed E-state index contributed by atoms with van der Waals surface area (Å²) in [6, 6.07) is 9.67. The fourth-order valence-electron chi connectivity index (χ4n) is 1.78. The Morgan fingerprint density at radius 3 is 2.53 bits per heavy atom. The molecule has 0 unspecified atom stereocenters. The number of benzene rings is 1. The fourth-order valence-corrected chi connectivity index (χ4v) is 2.08. The number of pyridine rings is 1. The second-order valence-corrected chi connectivity index (χ2v) is 5.16. The van der Waals surface area contributed by atoms with Gasteiger partial charge in [-0.2, -0.15) is 0 Å². The minimum atomic E-state index is 0.406. The summed E-state index contributed by atoms with van der Waals surface area (Å²) in [5.41, 5.74) is 7.71. The van der Waals surface area contributed by atoms with E-state index in [1.54, 1.807) is 6.20 Å². The predicted molar refractivity (Wildman–Crippen MR) is 80.7 cm³/mol. The van der Waals surface area contributed by atoms with Gasteiger partial charge in [-0.25, -0.2) is 4.98 Å². The van der Waals surface area contributed by atoms with Crippen LogP contribution in [-0.2, 0) is 13.1 Å². The standard InChI is InChI=1S/C14H15Cl2N3/c1-19(9-10-2-4-12(15)5-3-10)14-6-11(7-17)13(16)8-18-14/h2-6,8H,7,9,17H2,1H3. The molecule has 1 heterocycles. The number of hydrogen-bond acceptors (Lipinski definition) is 3. The van der Waals surface area contributed by atoms with E-state index in [1.165, 1.54) is 0 Å². The summed E-state index contributed by atoms with van der Waals surface area (Å²) < 4.78 is 0. The first kappa shape index (κ1) is 14.1. The van der Waals surface area contributed by atoms with E-state index in [9.17, 15) is 0 Å². The predicted octanol–water partition coefficient (Wildman–Crippen LogP) is 3.48. The van der Waals surface area contributed by atoms with Crippen molar-refractivity contribution in [2.75, 3.05) is 11.9 Å². The Morgan fingerprint density at radius 1 is 1.21 bits per heavy atom. The van der Waals surface area contributed by atoms with Crippen LogP contribution in [0.5, 0.6) is 0 Å². The zero-order valence-electron chi connectivity index (χ0n) is 10.6. The van der Waals surface area contributed by atoms with E-state index < -0.39 is 0 Å². The first-order valence-corrected chi connectivity index (χ1v) is 6.66. The first-order valence-electron chi connectivity index (χ1n) is 5.90. The SMILES string of the molecule is CN(Cc1ccc(Cl)cc1)c1cc(CN)c(Cl)cn1. The Hall–Kier alpha value is -1.29. The lowest BCUT2D eigenvalue weighted by Crippen LogP contribution is -2.18. The van der Waals surface area contributed by atoms with Crippen molar-refractivity contribution in [3.8, 4) is 0 Å². The average Bonchev–Trinajstić information content (AvgIpc) is 2.42. The van der Waals surface area contributed by atoms with Crippen LogP contribution in [0, 0.1) is 0 Å². The van der Waals surface area contributed by atoms with Gasteiger partial charge in [0.1, 0.15) is 5.82 Å². The van der Waals surface area contributed by atoms with E-state index in [1.807, 2.05) is 42.3 Å². The summed E-state index contributed by atoms with van der Waals surface area (Å²) >= 11 is 11.9. The van der Waals surface area contributed by atoms with Gasteiger partial charge in [-0.3, -0.25) is 0 Å². The third kappa shape index (κ3) is 3.60. The lowest BCUT2D eigenvalue weighted by Gasteiger charge is -2.19. The van der Waals surface area contributed by atoms with Gasteiger partial charge >= 0.3 is 0 Å². The minimum Gasteiger partial charge on any atom is -0.355 e. The summed E-state index contributed by atoms with van der Waals surface area (Å²) in [5.74, 6) is 0.847. The fraction of sp³-hybridized carbons (Fsp3) is 0.214. The van der Waals surface area contributed by atoms with Crippen molar-refractivity contribution >= 4 is 29.0 Å². The molecule has 0 amide bonds. The monoisotopic (exact) mass is 295 g/mol. The number of halogens is 2. The molecule has 1 aromatic heterocycles. The zero-order valence-corrected chi connectivity index (χ0v) is 12.1. The molecule has 2 aromatic rings. The van der Waals surface area contributed by atoms with Crippen molar-refractivity contribution in [2.45, 2.75) is 13.1 Å². The Labute approximate surface area is 123 Å². The highest BCUT2D eigenvalue weighted by Gasteiger charge is 2.07. The van der Waals surface area contributed by atoms with Crippen LogP contribution < -0.4 is 10.6 Å². The first-order chi connectivity index (χ1) is 9.10. The highest BCUT2D eigenvalue weighted by Crippen LogP contribution is 2.21. The van der Waals surface area contributed by atoms with E-state index in [-0.39, 0.29) is 0 Å². The van der Waals surface area contributed by atoms with Crippen LogP contribution in [0.25, 0.3) is 0 Å². The maximum Gasteiger partial charge on any atom is 0.128 e. The molecule has 0 aliphatic carbocycles. The maximum atomic E-state index is 6.00. The van der Waals surface area contributed by atoms with Crippen LogP contribution in [0.15, 0.2) is 36.5 Å². The smallest absolute Gasteiger partial charge is 0.128 e. The van der Waals surface area contributed by atoms with Crippen LogP contribution in [0.2, 0.25) is 10.0 Å². The van der Waals surface area contributed by atoms with Crippen LogP contribution in [0.4, 0.5) is 5.82 Å². The summed E-state index contributed by atoms with van der Waals surface area (Å²) in [6.07, 6.45) is 1.64. The molecule has 19 heavy (non-hydrogen) atoms. The molecule has 0 radical (unpaired) electrons. The normalized spacial score (nSPS) is 10.5. The van der Waals surface area contributed by atoms with Crippen LogP contribution in [0.3, 0.4) is 0 Å². The number of anilines is 1. The third-order valence-corrected chi connectivity index (χ3v) is 3.46. The van der Waals surface area contributed by atoms with E-state index in [0.29, 0.717) is 11.6 Å². The molecule has 0 aliphatic rings. The summed E-state index contributed by atoms with van der Waals surface area (Å²) in [5, 5.41) is 1.34. The zero-order chi connectivity index (χ0) is 13.8. The lowest BCUT2D eigenvalue weighted by molar-refractivity contribution is 0.892. The molecule has 0 atom stereocenters. The molecule has 0 fully saturated rings. The maximum absolute atomic E-state index is 6.00. The molecule has 2 N–H and O–H groups in total. The van der Waals surface area contributed by atoms with Gasteiger partial charge in [0.25, 0.3) is 0 Å². The van der Waals surface area contributed by atoms with E-state index in [0.717, 1.165) is 28.5 Å². The van der Waals surface area contributed by atoms with Crippen LogP contribution in [0.1, 0.15) is 11.1 Å². The second kappa shape index (κ2) is 6.24. The molecule has 3 nitrogen and oxygen atoms in total. The van der Waals surface area contributed by atoms with Gasteiger partial charge in [0.2, 0.25) is 0 Å². The molecule has 5 heteroatoms. The Kier molecular flexibility index (Phi) is 4.64. The van der Waals surface area contributed by atoms with Gasteiger partial charge in [-0.1, -0.05) is 35.3 Å². The Bertz CT molecular complexity index is 555. The van der Waals surface area contributed by atoms with Gasteiger partial charge in [-0.05, 0) is 29.3 Å². The molecule has 0 spiro atoms. The third-order valence-electron chi connectivity index (χ3n) is 2.86. The molecule has 0 bridgehead atoms.